The Morgan fingerprint density at radius 3 is 2.82 bits per heavy atom. The Morgan fingerprint density at radius 1 is 1.47 bits per heavy atom. The molecule has 0 aliphatic heterocycles. The summed E-state index contributed by atoms with van der Waals surface area (Å²) in [5.74, 6) is 0.650. The Morgan fingerprint density at radius 2 is 2.24 bits per heavy atom. The van der Waals surface area contributed by atoms with E-state index < -0.39 is 0 Å². The second-order valence-corrected chi connectivity index (χ2v) is 5.40. The molecule has 1 unspecified atom stereocenters. The summed E-state index contributed by atoms with van der Waals surface area (Å²) in [7, 11) is 0. The molecule has 1 atom stereocenters. The summed E-state index contributed by atoms with van der Waals surface area (Å²) < 4.78 is 13.1. The smallest absolute Gasteiger partial charge is 0.123 e. The largest absolute Gasteiger partial charge is 0.329 e. The third-order valence-electron chi connectivity index (χ3n) is 3.45. The Kier molecular flexibility index (Phi) is 3.79. The third-order valence-corrected chi connectivity index (χ3v) is 3.45. The van der Waals surface area contributed by atoms with Gasteiger partial charge in [-0.1, -0.05) is 12.1 Å². The number of halogens is 1. The predicted molar refractivity (Wildman–Crippen MR) is 68.3 cm³/mol. The lowest BCUT2D eigenvalue weighted by atomic mass is 9.92. The highest BCUT2D eigenvalue weighted by atomic mass is 19.1. The molecule has 3 heteroatoms. The lowest BCUT2D eigenvalue weighted by molar-refractivity contribution is 0.354. The second-order valence-electron chi connectivity index (χ2n) is 5.40. The minimum atomic E-state index is -0.177. The van der Waals surface area contributed by atoms with Crippen molar-refractivity contribution in [2.75, 3.05) is 13.1 Å². The first-order chi connectivity index (χ1) is 8.11. The zero-order valence-electron chi connectivity index (χ0n) is 10.4. The minimum absolute atomic E-state index is 0.129. The van der Waals surface area contributed by atoms with Gasteiger partial charge in [0.25, 0.3) is 0 Å². The monoisotopic (exact) mass is 236 g/mol. The predicted octanol–water partition coefficient (Wildman–Crippen LogP) is 2.09. The number of rotatable bonds is 6. The van der Waals surface area contributed by atoms with Crippen molar-refractivity contribution in [1.29, 1.82) is 0 Å². The van der Waals surface area contributed by atoms with Crippen molar-refractivity contribution in [2.24, 2.45) is 11.7 Å². The van der Waals surface area contributed by atoms with Gasteiger partial charge in [-0.15, -0.1) is 0 Å². The fourth-order valence-corrected chi connectivity index (χ4v) is 2.02. The maximum Gasteiger partial charge on any atom is 0.123 e. The number of hydrogen-bond donors (Lipinski definition) is 2. The van der Waals surface area contributed by atoms with E-state index in [1.807, 2.05) is 6.07 Å². The fraction of sp³-hybridized carbons (Fsp3) is 0.571. The van der Waals surface area contributed by atoms with Crippen molar-refractivity contribution in [3.05, 3.63) is 35.6 Å². The van der Waals surface area contributed by atoms with E-state index in [0.29, 0.717) is 6.54 Å². The lowest BCUT2D eigenvalue weighted by Crippen LogP contribution is -2.51. The van der Waals surface area contributed by atoms with Crippen LogP contribution in [0, 0.1) is 11.7 Å². The molecule has 0 amide bonds. The van der Waals surface area contributed by atoms with Crippen LogP contribution in [0.25, 0.3) is 0 Å². The fourth-order valence-electron chi connectivity index (χ4n) is 2.02. The first kappa shape index (κ1) is 12.5. The Balaban J connectivity index is 1.96. The third kappa shape index (κ3) is 3.79. The van der Waals surface area contributed by atoms with Crippen molar-refractivity contribution < 1.29 is 4.39 Å². The van der Waals surface area contributed by atoms with E-state index >= 15 is 0 Å². The zero-order chi connectivity index (χ0) is 12.3. The lowest BCUT2D eigenvalue weighted by Gasteiger charge is -2.30. The highest BCUT2D eigenvalue weighted by molar-refractivity contribution is 5.19. The van der Waals surface area contributed by atoms with Crippen LogP contribution >= 0.6 is 0 Å². The molecule has 0 aromatic heterocycles. The first-order valence-electron chi connectivity index (χ1n) is 6.31. The average Bonchev–Trinajstić information content (AvgIpc) is 3.10. The standard InChI is InChI=1S/C14H21FN2/c1-14(10-16,17-9-11-5-6-11)8-12-3-2-4-13(15)7-12/h2-4,7,11,17H,5-6,8-10,16H2,1H3. The molecular formula is C14H21FN2. The van der Waals surface area contributed by atoms with Crippen LogP contribution in [0.4, 0.5) is 4.39 Å². The number of nitrogens with two attached hydrogens (primary N) is 1. The molecule has 1 fully saturated rings. The molecule has 17 heavy (non-hydrogen) atoms. The number of hydrogen-bond acceptors (Lipinski definition) is 2. The van der Waals surface area contributed by atoms with E-state index in [-0.39, 0.29) is 11.4 Å². The van der Waals surface area contributed by atoms with Gasteiger partial charge < -0.3 is 11.1 Å². The Labute approximate surface area is 102 Å². The van der Waals surface area contributed by atoms with Crippen LogP contribution in [-0.2, 0) is 6.42 Å². The van der Waals surface area contributed by atoms with Crippen LogP contribution in [0.15, 0.2) is 24.3 Å². The van der Waals surface area contributed by atoms with E-state index in [2.05, 4.69) is 12.2 Å². The molecule has 0 saturated heterocycles. The number of nitrogens with one attached hydrogen (secondary N) is 1. The zero-order valence-corrected chi connectivity index (χ0v) is 10.4. The van der Waals surface area contributed by atoms with Gasteiger partial charge in [-0.05, 0) is 56.3 Å². The summed E-state index contributed by atoms with van der Waals surface area (Å²) in [5.41, 5.74) is 6.72. The molecule has 1 aromatic rings. The Bertz CT molecular complexity index is 376. The molecule has 0 spiro atoms. The van der Waals surface area contributed by atoms with Crippen molar-refractivity contribution in [3.63, 3.8) is 0 Å². The van der Waals surface area contributed by atoms with Crippen molar-refractivity contribution >= 4 is 0 Å². The highest BCUT2D eigenvalue weighted by Gasteiger charge is 2.27. The second kappa shape index (κ2) is 5.15. The molecule has 0 heterocycles. The molecule has 2 rings (SSSR count). The highest BCUT2D eigenvalue weighted by Crippen LogP contribution is 2.28. The SMILES string of the molecule is CC(CN)(Cc1cccc(F)c1)NCC1CC1. The van der Waals surface area contributed by atoms with E-state index in [1.165, 1.54) is 18.9 Å². The maximum absolute atomic E-state index is 13.1. The molecule has 1 aromatic carbocycles. The quantitative estimate of drug-likeness (QED) is 0.793. The van der Waals surface area contributed by atoms with Gasteiger partial charge in [0.15, 0.2) is 0 Å². The molecule has 1 aliphatic carbocycles. The van der Waals surface area contributed by atoms with Crippen molar-refractivity contribution in [2.45, 2.75) is 31.7 Å². The van der Waals surface area contributed by atoms with Crippen LogP contribution in [0.1, 0.15) is 25.3 Å². The molecule has 0 radical (unpaired) electrons. The first-order valence-corrected chi connectivity index (χ1v) is 6.31. The van der Waals surface area contributed by atoms with Gasteiger partial charge in [-0.2, -0.15) is 0 Å². The summed E-state index contributed by atoms with van der Waals surface area (Å²) in [4.78, 5) is 0. The summed E-state index contributed by atoms with van der Waals surface area (Å²) >= 11 is 0. The molecule has 1 aliphatic rings. The van der Waals surface area contributed by atoms with E-state index in [9.17, 15) is 4.39 Å². The van der Waals surface area contributed by atoms with Gasteiger partial charge in [-0.3, -0.25) is 0 Å². The number of benzene rings is 1. The van der Waals surface area contributed by atoms with Gasteiger partial charge in [0, 0.05) is 12.1 Å². The topological polar surface area (TPSA) is 38.0 Å². The summed E-state index contributed by atoms with van der Waals surface area (Å²) in [6.07, 6.45) is 3.43. The van der Waals surface area contributed by atoms with Gasteiger partial charge >= 0.3 is 0 Å². The van der Waals surface area contributed by atoms with Crippen LogP contribution in [0.2, 0.25) is 0 Å². The summed E-state index contributed by atoms with van der Waals surface area (Å²) in [5, 5.41) is 3.53. The van der Waals surface area contributed by atoms with Gasteiger partial charge in [0.2, 0.25) is 0 Å². The van der Waals surface area contributed by atoms with Crippen LogP contribution in [0.3, 0.4) is 0 Å². The molecule has 2 nitrogen and oxygen atoms in total. The maximum atomic E-state index is 13.1. The summed E-state index contributed by atoms with van der Waals surface area (Å²) in [6.45, 7) is 3.71. The van der Waals surface area contributed by atoms with E-state index in [0.717, 1.165) is 24.4 Å². The van der Waals surface area contributed by atoms with Crippen LogP contribution < -0.4 is 11.1 Å². The van der Waals surface area contributed by atoms with E-state index in [4.69, 9.17) is 5.73 Å². The molecule has 0 bridgehead atoms. The van der Waals surface area contributed by atoms with Gasteiger partial charge in [0.1, 0.15) is 5.82 Å². The normalized spacial score (nSPS) is 19.0. The average molecular weight is 236 g/mol. The van der Waals surface area contributed by atoms with Gasteiger partial charge in [0.05, 0.1) is 0 Å². The Hall–Kier alpha value is -0.930. The molecule has 94 valence electrons. The van der Waals surface area contributed by atoms with Crippen molar-refractivity contribution in [3.8, 4) is 0 Å². The molecular weight excluding hydrogens is 215 g/mol. The summed E-state index contributed by atoms with van der Waals surface area (Å²) in [6, 6.07) is 6.77. The molecule has 3 N–H and O–H groups in total. The van der Waals surface area contributed by atoms with Crippen LogP contribution in [0.5, 0.6) is 0 Å². The molecule has 1 saturated carbocycles. The van der Waals surface area contributed by atoms with Gasteiger partial charge in [-0.25, -0.2) is 4.39 Å². The minimum Gasteiger partial charge on any atom is -0.329 e. The van der Waals surface area contributed by atoms with E-state index in [1.54, 1.807) is 12.1 Å². The van der Waals surface area contributed by atoms with Crippen molar-refractivity contribution in [1.82, 2.24) is 5.32 Å². The van der Waals surface area contributed by atoms with Crippen LogP contribution in [-0.4, -0.2) is 18.6 Å².